The number of rotatable bonds is 3. The van der Waals surface area contributed by atoms with Crippen LogP contribution in [0.3, 0.4) is 0 Å². The van der Waals surface area contributed by atoms with E-state index in [-0.39, 0.29) is 17.1 Å². The molecule has 1 rings (SSSR count). The van der Waals surface area contributed by atoms with E-state index >= 15 is 0 Å². The van der Waals surface area contributed by atoms with Crippen LogP contribution in [-0.4, -0.2) is 21.3 Å². The Kier molecular flexibility index (Phi) is 3.34. The van der Waals surface area contributed by atoms with E-state index in [1.807, 2.05) is 0 Å². The zero-order valence-electron chi connectivity index (χ0n) is 8.69. The molecule has 0 aromatic heterocycles. The van der Waals surface area contributed by atoms with Crippen LogP contribution in [0.5, 0.6) is 17.2 Å². The normalized spacial score (nSPS) is 10.0. The largest absolute Gasteiger partial charge is 0.493 e. The highest BCUT2D eigenvalue weighted by Crippen LogP contribution is 2.40. The zero-order chi connectivity index (χ0) is 11.6. The van der Waals surface area contributed by atoms with E-state index in [0.717, 1.165) is 7.11 Å². The Balaban J connectivity index is 3.57. The fraction of sp³-hybridized carbons (Fsp3) is 0.300. The third-order valence-corrected chi connectivity index (χ3v) is 1.96. The second-order valence-corrected chi connectivity index (χ2v) is 2.71. The van der Waals surface area contributed by atoms with Gasteiger partial charge in [0.2, 0.25) is 11.6 Å². The van der Waals surface area contributed by atoms with Crippen molar-refractivity contribution in [3.05, 3.63) is 24.1 Å². The fourth-order valence-electron chi connectivity index (χ4n) is 1.28. The molecule has 1 aromatic rings. The molecule has 0 fully saturated rings. The van der Waals surface area contributed by atoms with Crippen molar-refractivity contribution in [1.29, 1.82) is 0 Å². The van der Waals surface area contributed by atoms with Crippen molar-refractivity contribution in [2.45, 2.75) is 0 Å². The van der Waals surface area contributed by atoms with Crippen molar-refractivity contribution >= 4 is 0 Å². The molecule has 0 unspecified atom stereocenters. The number of benzene rings is 1. The predicted molar refractivity (Wildman–Crippen MR) is 50.5 cm³/mol. The minimum atomic E-state index is -0.928. The van der Waals surface area contributed by atoms with Crippen LogP contribution in [0.4, 0.5) is 8.78 Å². The van der Waals surface area contributed by atoms with E-state index in [4.69, 9.17) is 9.47 Å². The summed E-state index contributed by atoms with van der Waals surface area (Å²) in [5.74, 6) is -2.78. The van der Waals surface area contributed by atoms with Crippen LogP contribution in [0.1, 0.15) is 5.56 Å². The summed E-state index contributed by atoms with van der Waals surface area (Å²) in [6.45, 7) is 3.47. The van der Waals surface area contributed by atoms with Gasteiger partial charge >= 0.3 is 0 Å². The Morgan fingerprint density at radius 2 is 1.13 bits per heavy atom. The molecule has 1 aromatic carbocycles. The first-order chi connectivity index (χ1) is 7.08. The van der Waals surface area contributed by atoms with Crippen molar-refractivity contribution in [2.75, 3.05) is 21.3 Å². The summed E-state index contributed by atoms with van der Waals surface area (Å²) in [7, 11) is 3.66. The smallest absolute Gasteiger partial charge is 0.210 e. The lowest BCUT2D eigenvalue weighted by atomic mass is 10.1. The molecule has 0 aliphatic carbocycles. The number of hydrogen-bond donors (Lipinski definition) is 0. The summed E-state index contributed by atoms with van der Waals surface area (Å²) in [6, 6.07) is 0. The molecule has 0 amide bonds. The maximum Gasteiger partial charge on any atom is 0.210 e. The van der Waals surface area contributed by atoms with Gasteiger partial charge in [-0.3, -0.25) is 0 Å². The second kappa shape index (κ2) is 4.33. The van der Waals surface area contributed by atoms with Gasteiger partial charge in [0.05, 0.1) is 21.3 Å². The topological polar surface area (TPSA) is 27.7 Å². The molecule has 1 radical (unpaired) electrons. The van der Waals surface area contributed by atoms with E-state index in [1.165, 1.54) is 14.2 Å². The fourth-order valence-corrected chi connectivity index (χ4v) is 1.28. The summed E-state index contributed by atoms with van der Waals surface area (Å²) in [5, 5.41) is 0. The maximum atomic E-state index is 13.5. The second-order valence-electron chi connectivity index (χ2n) is 2.71. The lowest BCUT2D eigenvalue weighted by Crippen LogP contribution is -2.03. The molecule has 0 aliphatic rings. The average Bonchev–Trinajstić information content (AvgIpc) is 2.19. The predicted octanol–water partition coefficient (Wildman–Crippen LogP) is 2.17. The van der Waals surface area contributed by atoms with Crippen molar-refractivity contribution in [3.8, 4) is 17.2 Å². The maximum absolute atomic E-state index is 13.5. The molecule has 0 spiro atoms. The first-order valence-corrected chi connectivity index (χ1v) is 4.07. The van der Waals surface area contributed by atoms with Crippen LogP contribution in [0, 0.1) is 18.6 Å². The van der Waals surface area contributed by atoms with E-state index < -0.39 is 17.4 Å². The van der Waals surface area contributed by atoms with Gasteiger partial charge in [0, 0.05) is 5.56 Å². The molecule has 15 heavy (non-hydrogen) atoms. The molecule has 0 atom stereocenters. The van der Waals surface area contributed by atoms with Crippen LogP contribution in [0.15, 0.2) is 0 Å². The van der Waals surface area contributed by atoms with E-state index in [0.29, 0.717) is 0 Å². The summed E-state index contributed by atoms with van der Waals surface area (Å²) in [4.78, 5) is 0. The lowest BCUT2D eigenvalue weighted by molar-refractivity contribution is 0.311. The highest BCUT2D eigenvalue weighted by atomic mass is 19.1. The Morgan fingerprint density at radius 3 is 1.40 bits per heavy atom. The summed E-state index contributed by atoms with van der Waals surface area (Å²) < 4.78 is 41.1. The molecular formula is C10H11F2O3. The number of halogens is 2. The minimum absolute atomic E-state index is 0.0100. The van der Waals surface area contributed by atoms with Crippen LogP contribution in [-0.2, 0) is 0 Å². The summed E-state index contributed by atoms with van der Waals surface area (Å²) in [5.41, 5.74) is 0.0100. The van der Waals surface area contributed by atoms with Gasteiger partial charge in [0.25, 0.3) is 0 Å². The molecule has 5 heteroatoms. The van der Waals surface area contributed by atoms with E-state index in [9.17, 15) is 8.78 Å². The van der Waals surface area contributed by atoms with Crippen LogP contribution in [0.2, 0.25) is 0 Å². The monoisotopic (exact) mass is 217 g/mol. The van der Waals surface area contributed by atoms with Crippen molar-refractivity contribution < 1.29 is 23.0 Å². The highest BCUT2D eigenvalue weighted by Gasteiger charge is 2.24. The van der Waals surface area contributed by atoms with Gasteiger partial charge in [-0.15, -0.1) is 0 Å². The van der Waals surface area contributed by atoms with Crippen LogP contribution in [0.25, 0.3) is 0 Å². The Hall–Kier alpha value is -1.52. The van der Waals surface area contributed by atoms with Gasteiger partial charge in [-0.1, -0.05) is 0 Å². The third-order valence-electron chi connectivity index (χ3n) is 1.96. The van der Waals surface area contributed by atoms with Crippen LogP contribution < -0.4 is 14.2 Å². The standard InChI is InChI=1S/C10H11F2O3/c1-5-8(13-2)6(11)10(15-4)7(12)9(5)14-3/h1H2,2-4H3. The number of ether oxygens (including phenoxy) is 3. The van der Waals surface area contributed by atoms with E-state index in [2.05, 4.69) is 11.7 Å². The van der Waals surface area contributed by atoms with Gasteiger partial charge in [-0.05, 0) is 6.92 Å². The van der Waals surface area contributed by atoms with Crippen LogP contribution >= 0.6 is 0 Å². The summed E-state index contributed by atoms with van der Waals surface area (Å²) >= 11 is 0. The Labute approximate surface area is 86.6 Å². The van der Waals surface area contributed by atoms with Gasteiger partial charge < -0.3 is 14.2 Å². The van der Waals surface area contributed by atoms with Gasteiger partial charge in [-0.2, -0.15) is 8.78 Å². The highest BCUT2D eigenvalue weighted by molar-refractivity contribution is 5.54. The molecule has 0 saturated carbocycles. The van der Waals surface area contributed by atoms with Gasteiger partial charge in [0.1, 0.15) is 0 Å². The molecule has 0 N–H and O–H groups in total. The molecule has 0 heterocycles. The molecule has 0 saturated heterocycles. The minimum Gasteiger partial charge on any atom is -0.493 e. The molecular weight excluding hydrogens is 206 g/mol. The SMILES string of the molecule is [CH2]c1c(OC)c(F)c(OC)c(F)c1OC. The zero-order valence-corrected chi connectivity index (χ0v) is 8.69. The van der Waals surface area contributed by atoms with Crippen molar-refractivity contribution in [2.24, 2.45) is 0 Å². The average molecular weight is 217 g/mol. The number of hydrogen-bond acceptors (Lipinski definition) is 3. The molecule has 0 aliphatic heterocycles. The molecule has 0 bridgehead atoms. The Bertz CT molecular complexity index is 299. The quantitative estimate of drug-likeness (QED) is 0.776. The van der Waals surface area contributed by atoms with Crippen molar-refractivity contribution in [1.82, 2.24) is 0 Å². The van der Waals surface area contributed by atoms with Crippen molar-refractivity contribution in [3.63, 3.8) is 0 Å². The first-order valence-electron chi connectivity index (χ1n) is 4.07. The Morgan fingerprint density at radius 1 is 0.800 bits per heavy atom. The molecule has 3 nitrogen and oxygen atoms in total. The first kappa shape index (κ1) is 11.6. The lowest BCUT2D eigenvalue weighted by Gasteiger charge is -2.14. The van der Waals surface area contributed by atoms with Gasteiger partial charge in [0.15, 0.2) is 17.2 Å². The third kappa shape index (κ3) is 1.69. The summed E-state index contributed by atoms with van der Waals surface area (Å²) in [6.07, 6.45) is 0. The van der Waals surface area contributed by atoms with Gasteiger partial charge in [-0.25, -0.2) is 0 Å². The number of methoxy groups -OCH3 is 3. The molecule has 83 valence electrons. The van der Waals surface area contributed by atoms with E-state index in [1.54, 1.807) is 0 Å².